The number of halogens is 4. The van der Waals surface area contributed by atoms with E-state index in [1.54, 1.807) is 6.07 Å². The van der Waals surface area contributed by atoms with Crippen LogP contribution in [0.1, 0.15) is 24.1 Å². The van der Waals surface area contributed by atoms with Crippen molar-refractivity contribution in [1.29, 1.82) is 0 Å². The molecule has 5 heteroatoms. The smallest absolute Gasteiger partial charge is 0.0643 e. The van der Waals surface area contributed by atoms with Crippen LogP contribution in [-0.2, 0) is 0 Å². The lowest BCUT2D eigenvalue weighted by atomic mass is 9.98. The van der Waals surface area contributed by atoms with Crippen molar-refractivity contribution in [2.45, 2.75) is 13.0 Å². The monoisotopic (exact) mass is 391 g/mol. The third-order valence-electron chi connectivity index (χ3n) is 2.98. The van der Waals surface area contributed by atoms with Crippen LogP contribution in [0.25, 0.3) is 0 Å². The summed E-state index contributed by atoms with van der Waals surface area (Å²) in [7, 11) is 0. The van der Waals surface area contributed by atoms with Crippen molar-refractivity contribution in [3.05, 3.63) is 67.1 Å². The highest BCUT2D eigenvalue weighted by Gasteiger charge is 2.18. The molecule has 0 aliphatic rings. The normalized spacial score (nSPS) is 12.4. The molecule has 0 radical (unpaired) electrons. The Labute approximate surface area is 142 Å². The van der Waals surface area contributed by atoms with Crippen molar-refractivity contribution in [2.24, 2.45) is 0 Å². The number of rotatable bonds is 4. The lowest BCUT2D eigenvalue weighted by molar-refractivity contribution is 0.631. The Hall–Kier alpha value is -0.250. The Kier molecular flexibility index (Phi) is 5.76. The molecule has 1 nitrogen and oxygen atoms in total. The molecule has 0 saturated carbocycles. The number of hydrogen-bond donors (Lipinski definition) is 1. The first kappa shape index (κ1) is 16.1. The Morgan fingerprint density at radius 1 is 1.10 bits per heavy atom. The average molecular weight is 394 g/mol. The molecular weight excluding hydrogens is 380 g/mol. The molecule has 106 valence electrons. The molecule has 20 heavy (non-hydrogen) atoms. The molecule has 0 aliphatic carbocycles. The number of nitrogens with one attached hydrogen (secondary N) is 1. The topological polar surface area (TPSA) is 12.0 Å². The van der Waals surface area contributed by atoms with Gasteiger partial charge in [0.05, 0.1) is 21.1 Å². The molecule has 2 aromatic carbocycles. The first-order valence-corrected chi connectivity index (χ1v) is 8.09. The van der Waals surface area contributed by atoms with E-state index >= 15 is 0 Å². The molecule has 0 aliphatic heterocycles. The summed E-state index contributed by atoms with van der Waals surface area (Å²) >= 11 is 22.0. The second-order valence-corrected chi connectivity index (χ2v) is 6.35. The third-order valence-corrected chi connectivity index (χ3v) is 5.04. The standard InChI is InChI=1S/C15H13BrCl3N/c1-2-20-15(9-6-7-11(16)13(18)8-9)10-4-3-5-12(17)14(10)19/h3-8,15,20H,2H2,1H3. The summed E-state index contributed by atoms with van der Waals surface area (Å²) in [5.74, 6) is 0. The van der Waals surface area contributed by atoms with Crippen LogP contribution in [0.2, 0.25) is 15.1 Å². The largest absolute Gasteiger partial charge is 0.306 e. The van der Waals surface area contributed by atoms with Crippen molar-refractivity contribution in [1.82, 2.24) is 5.32 Å². The Bertz CT molecular complexity index is 616. The molecule has 2 aromatic rings. The average Bonchev–Trinajstić information content (AvgIpc) is 2.43. The highest BCUT2D eigenvalue weighted by atomic mass is 79.9. The minimum Gasteiger partial charge on any atom is -0.306 e. The molecule has 1 N–H and O–H groups in total. The zero-order chi connectivity index (χ0) is 14.7. The van der Waals surface area contributed by atoms with Gasteiger partial charge in [0.25, 0.3) is 0 Å². The van der Waals surface area contributed by atoms with Crippen LogP contribution < -0.4 is 5.32 Å². The van der Waals surface area contributed by atoms with Gasteiger partial charge in [0, 0.05) is 4.47 Å². The van der Waals surface area contributed by atoms with Crippen molar-refractivity contribution < 1.29 is 0 Å². The van der Waals surface area contributed by atoms with Gasteiger partial charge in [-0.25, -0.2) is 0 Å². The van der Waals surface area contributed by atoms with E-state index in [2.05, 4.69) is 21.2 Å². The van der Waals surface area contributed by atoms with E-state index in [-0.39, 0.29) is 6.04 Å². The fraction of sp³-hybridized carbons (Fsp3) is 0.200. The van der Waals surface area contributed by atoms with Crippen molar-refractivity contribution >= 4 is 50.7 Å². The number of benzene rings is 2. The van der Waals surface area contributed by atoms with Gasteiger partial charge in [0.15, 0.2) is 0 Å². The molecule has 2 rings (SSSR count). The van der Waals surface area contributed by atoms with Gasteiger partial charge in [-0.3, -0.25) is 0 Å². The Balaban J connectivity index is 2.50. The van der Waals surface area contributed by atoms with Gasteiger partial charge in [-0.1, -0.05) is 59.9 Å². The maximum absolute atomic E-state index is 6.33. The highest BCUT2D eigenvalue weighted by molar-refractivity contribution is 9.10. The van der Waals surface area contributed by atoms with E-state index in [4.69, 9.17) is 34.8 Å². The summed E-state index contributed by atoms with van der Waals surface area (Å²) in [6, 6.07) is 11.5. The third kappa shape index (κ3) is 3.49. The SMILES string of the molecule is CCNC(c1ccc(Br)c(Cl)c1)c1cccc(Cl)c1Cl. The van der Waals surface area contributed by atoms with Crippen LogP contribution in [0.5, 0.6) is 0 Å². The van der Waals surface area contributed by atoms with E-state index in [0.29, 0.717) is 15.1 Å². The maximum Gasteiger partial charge on any atom is 0.0643 e. The van der Waals surface area contributed by atoms with Gasteiger partial charge >= 0.3 is 0 Å². The van der Waals surface area contributed by atoms with Crippen LogP contribution in [0.4, 0.5) is 0 Å². The van der Waals surface area contributed by atoms with Gasteiger partial charge in [0.1, 0.15) is 0 Å². The van der Waals surface area contributed by atoms with E-state index in [0.717, 1.165) is 22.1 Å². The van der Waals surface area contributed by atoms with E-state index in [1.165, 1.54) is 0 Å². The molecule has 1 unspecified atom stereocenters. The van der Waals surface area contributed by atoms with Gasteiger partial charge in [-0.2, -0.15) is 0 Å². The molecular formula is C15H13BrCl3N. The van der Waals surface area contributed by atoms with Gasteiger partial charge < -0.3 is 5.32 Å². The lowest BCUT2D eigenvalue weighted by Gasteiger charge is -2.21. The Morgan fingerprint density at radius 3 is 2.50 bits per heavy atom. The summed E-state index contributed by atoms with van der Waals surface area (Å²) < 4.78 is 0.871. The summed E-state index contributed by atoms with van der Waals surface area (Å²) in [5.41, 5.74) is 1.99. The first-order chi connectivity index (χ1) is 9.54. The van der Waals surface area contributed by atoms with Gasteiger partial charge in [-0.15, -0.1) is 0 Å². The summed E-state index contributed by atoms with van der Waals surface area (Å²) in [4.78, 5) is 0. The zero-order valence-electron chi connectivity index (χ0n) is 10.8. The van der Waals surface area contributed by atoms with Crippen LogP contribution in [0.3, 0.4) is 0 Å². The quantitative estimate of drug-likeness (QED) is 0.661. The molecule has 0 aromatic heterocycles. The molecule has 0 spiro atoms. The van der Waals surface area contributed by atoms with Gasteiger partial charge in [0.2, 0.25) is 0 Å². The number of hydrogen-bond acceptors (Lipinski definition) is 1. The summed E-state index contributed by atoms with van der Waals surface area (Å²) in [6.07, 6.45) is 0. The van der Waals surface area contributed by atoms with Crippen LogP contribution in [-0.4, -0.2) is 6.54 Å². The second-order valence-electron chi connectivity index (χ2n) is 4.31. The second kappa shape index (κ2) is 7.15. The molecule has 1 atom stereocenters. The Morgan fingerprint density at radius 2 is 1.85 bits per heavy atom. The fourth-order valence-electron chi connectivity index (χ4n) is 2.05. The van der Waals surface area contributed by atoms with E-state index in [1.807, 2.05) is 37.3 Å². The van der Waals surface area contributed by atoms with Gasteiger partial charge in [-0.05, 0) is 51.8 Å². The molecule has 0 saturated heterocycles. The van der Waals surface area contributed by atoms with Crippen molar-refractivity contribution in [3.63, 3.8) is 0 Å². The fourth-order valence-corrected chi connectivity index (χ4v) is 2.90. The lowest BCUT2D eigenvalue weighted by Crippen LogP contribution is -2.22. The zero-order valence-corrected chi connectivity index (χ0v) is 14.6. The predicted molar refractivity (Wildman–Crippen MR) is 91.1 cm³/mol. The van der Waals surface area contributed by atoms with Crippen LogP contribution in [0, 0.1) is 0 Å². The van der Waals surface area contributed by atoms with Crippen LogP contribution in [0.15, 0.2) is 40.9 Å². The molecule has 0 amide bonds. The minimum atomic E-state index is -0.0446. The first-order valence-electron chi connectivity index (χ1n) is 6.16. The summed E-state index contributed by atoms with van der Waals surface area (Å²) in [6.45, 7) is 2.85. The van der Waals surface area contributed by atoms with Crippen molar-refractivity contribution in [2.75, 3.05) is 6.54 Å². The summed E-state index contributed by atoms with van der Waals surface area (Å²) in [5, 5.41) is 5.20. The predicted octanol–water partition coefficient (Wildman–Crippen LogP) is 6.11. The molecule has 0 fully saturated rings. The van der Waals surface area contributed by atoms with E-state index in [9.17, 15) is 0 Å². The highest BCUT2D eigenvalue weighted by Crippen LogP contribution is 2.35. The van der Waals surface area contributed by atoms with Crippen LogP contribution >= 0.6 is 50.7 Å². The minimum absolute atomic E-state index is 0.0446. The molecule has 0 heterocycles. The van der Waals surface area contributed by atoms with Crippen molar-refractivity contribution in [3.8, 4) is 0 Å². The van der Waals surface area contributed by atoms with E-state index < -0.39 is 0 Å². The molecule has 0 bridgehead atoms. The maximum atomic E-state index is 6.33.